The number of halogens is 1. The van der Waals surface area contributed by atoms with E-state index in [2.05, 4.69) is 15.3 Å². The van der Waals surface area contributed by atoms with Crippen molar-refractivity contribution in [1.82, 2.24) is 15.3 Å². The summed E-state index contributed by atoms with van der Waals surface area (Å²) in [6, 6.07) is 6.80. The molecule has 0 bridgehead atoms. The zero-order valence-electron chi connectivity index (χ0n) is 10.3. The van der Waals surface area contributed by atoms with Gasteiger partial charge in [0.15, 0.2) is 5.16 Å². The first-order chi connectivity index (χ1) is 8.67. The lowest BCUT2D eigenvalue weighted by Crippen LogP contribution is -2.05. The molecule has 1 N–H and O–H groups in total. The van der Waals surface area contributed by atoms with Gasteiger partial charge in [0.1, 0.15) is 5.82 Å². The Kier molecular flexibility index (Phi) is 4.28. The van der Waals surface area contributed by atoms with E-state index >= 15 is 0 Å². The van der Waals surface area contributed by atoms with Crippen molar-refractivity contribution in [3.8, 4) is 0 Å². The average molecular weight is 263 g/mol. The summed E-state index contributed by atoms with van der Waals surface area (Å²) in [7, 11) is 1.83. The van der Waals surface area contributed by atoms with Gasteiger partial charge in [-0.1, -0.05) is 0 Å². The summed E-state index contributed by atoms with van der Waals surface area (Å²) < 4.78 is 13.5. The maximum atomic E-state index is 13.5. The maximum Gasteiger partial charge on any atom is 0.192 e. The van der Waals surface area contributed by atoms with Crippen LogP contribution in [0.3, 0.4) is 0 Å². The predicted octanol–water partition coefficient (Wildman–Crippen LogP) is 2.79. The van der Waals surface area contributed by atoms with Crippen LogP contribution in [0.1, 0.15) is 11.3 Å². The van der Waals surface area contributed by atoms with Crippen LogP contribution in [0.5, 0.6) is 0 Å². The molecule has 2 rings (SSSR count). The third-order valence-corrected chi connectivity index (χ3v) is 3.14. The van der Waals surface area contributed by atoms with Gasteiger partial charge in [-0.15, -0.1) is 0 Å². The number of aryl methyl sites for hydroxylation is 1. The van der Waals surface area contributed by atoms with Gasteiger partial charge in [0.25, 0.3) is 0 Å². The average Bonchev–Trinajstić information content (AvgIpc) is 2.28. The summed E-state index contributed by atoms with van der Waals surface area (Å²) in [5, 5.41) is 3.64. The van der Waals surface area contributed by atoms with Gasteiger partial charge < -0.3 is 5.32 Å². The maximum absolute atomic E-state index is 13.5. The minimum atomic E-state index is -0.238. The van der Waals surface area contributed by atoms with Gasteiger partial charge in [0.05, 0.1) is 0 Å². The lowest BCUT2D eigenvalue weighted by molar-refractivity contribution is 0.619. The standard InChI is InChI=1S/C13H14FN3S/c1-9-3-4-16-13(17-9)18-12-6-10(8-15-2)5-11(14)7-12/h3-7,15H,8H2,1-2H3. The molecule has 94 valence electrons. The Morgan fingerprint density at radius 3 is 2.89 bits per heavy atom. The fourth-order valence-electron chi connectivity index (χ4n) is 1.57. The van der Waals surface area contributed by atoms with E-state index in [1.165, 1.54) is 23.9 Å². The van der Waals surface area contributed by atoms with Gasteiger partial charge in [0, 0.05) is 23.3 Å². The third kappa shape index (κ3) is 3.51. The van der Waals surface area contributed by atoms with E-state index in [0.717, 1.165) is 16.2 Å². The molecule has 0 aliphatic rings. The third-order valence-electron chi connectivity index (χ3n) is 2.29. The molecule has 2 aromatic rings. The zero-order chi connectivity index (χ0) is 13.0. The van der Waals surface area contributed by atoms with Crippen LogP contribution in [-0.2, 0) is 6.54 Å². The van der Waals surface area contributed by atoms with E-state index in [0.29, 0.717) is 11.7 Å². The van der Waals surface area contributed by atoms with Crippen molar-refractivity contribution in [3.63, 3.8) is 0 Å². The van der Waals surface area contributed by atoms with Gasteiger partial charge >= 0.3 is 0 Å². The highest BCUT2D eigenvalue weighted by atomic mass is 32.2. The molecule has 0 unspecified atom stereocenters. The number of nitrogens with one attached hydrogen (secondary N) is 1. The summed E-state index contributed by atoms with van der Waals surface area (Å²) >= 11 is 1.37. The molecule has 0 saturated heterocycles. The van der Waals surface area contributed by atoms with E-state index in [1.807, 2.05) is 26.1 Å². The normalized spacial score (nSPS) is 10.6. The van der Waals surface area contributed by atoms with Crippen molar-refractivity contribution in [2.45, 2.75) is 23.5 Å². The fraction of sp³-hybridized carbons (Fsp3) is 0.231. The van der Waals surface area contributed by atoms with Crippen molar-refractivity contribution in [2.24, 2.45) is 0 Å². The van der Waals surface area contributed by atoms with Gasteiger partial charge in [-0.05, 0) is 55.6 Å². The highest BCUT2D eigenvalue weighted by Crippen LogP contribution is 2.26. The Morgan fingerprint density at radius 2 is 2.17 bits per heavy atom. The summed E-state index contributed by atoms with van der Waals surface area (Å²) in [6.07, 6.45) is 1.71. The number of rotatable bonds is 4. The van der Waals surface area contributed by atoms with Crippen molar-refractivity contribution in [3.05, 3.63) is 47.5 Å². The molecule has 0 atom stereocenters. The smallest absolute Gasteiger partial charge is 0.192 e. The minimum absolute atomic E-state index is 0.238. The molecule has 1 heterocycles. The fourth-order valence-corrected chi connectivity index (χ4v) is 2.46. The van der Waals surface area contributed by atoms with Crippen molar-refractivity contribution in [1.29, 1.82) is 0 Å². The topological polar surface area (TPSA) is 37.8 Å². The van der Waals surface area contributed by atoms with Gasteiger partial charge in [-0.2, -0.15) is 0 Å². The molecule has 0 aliphatic carbocycles. The van der Waals surface area contributed by atoms with Crippen molar-refractivity contribution in [2.75, 3.05) is 7.05 Å². The summed E-state index contributed by atoms with van der Waals surface area (Å²) in [4.78, 5) is 9.25. The van der Waals surface area contributed by atoms with E-state index in [-0.39, 0.29) is 5.82 Å². The number of benzene rings is 1. The second kappa shape index (κ2) is 5.93. The van der Waals surface area contributed by atoms with E-state index in [1.54, 1.807) is 6.20 Å². The van der Waals surface area contributed by atoms with E-state index in [4.69, 9.17) is 0 Å². The SMILES string of the molecule is CNCc1cc(F)cc(Sc2nccc(C)n2)c1. The van der Waals surface area contributed by atoms with Crippen molar-refractivity contribution >= 4 is 11.8 Å². The highest BCUT2D eigenvalue weighted by Gasteiger charge is 2.04. The second-order valence-electron chi connectivity index (χ2n) is 3.91. The van der Waals surface area contributed by atoms with Gasteiger partial charge in [-0.25, -0.2) is 14.4 Å². The monoisotopic (exact) mass is 263 g/mol. The lowest BCUT2D eigenvalue weighted by Gasteiger charge is -2.05. The molecule has 1 aromatic heterocycles. The first-order valence-electron chi connectivity index (χ1n) is 5.59. The number of aromatic nitrogens is 2. The molecule has 0 radical (unpaired) electrons. The van der Waals surface area contributed by atoms with Crippen LogP contribution in [-0.4, -0.2) is 17.0 Å². The van der Waals surface area contributed by atoms with Crippen molar-refractivity contribution < 1.29 is 4.39 Å². The molecule has 5 heteroatoms. The first-order valence-corrected chi connectivity index (χ1v) is 6.40. The van der Waals surface area contributed by atoms with Crippen LogP contribution >= 0.6 is 11.8 Å². The van der Waals surface area contributed by atoms with E-state index in [9.17, 15) is 4.39 Å². The molecule has 0 amide bonds. The van der Waals surface area contributed by atoms with Crippen LogP contribution in [0.25, 0.3) is 0 Å². The molecular formula is C13H14FN3S. The molecule has 0 saturated carbocycles. The number of hydrogen-bond donors (Lipinski definition) is 1. The molecule has 1 aromatic carbocycles. The van der Waals surface area contributed by atoms with E-state index < -0.39 is 0 Å². The Morgan fingerprint density at radius 1 is 1.33 bits per heavy atom. The quantitative estimate of drug-likeness (QED) is 0.861. The minimum Gasteiger partial charge on any atom is -0.316 e. The molecular weight excluding hydrogens is 249 g/mol. The molecule has 0 aliphatic heterocycles. The summed E-state index contributed by atoms with van der Waals surface area (Å²) in [5.74, 6) is -0.238. The Bertz CT molecular complexity index is 546. The first kappa shape index (κ1) is 13.0. The second-order valence-corrected chi connectivity index (χ2v) is 4.95. The predicted molar refractivity (Wildman–Crippen MR) is 70.1 cm³/mol. The molecule has 0 spiro atoms. The highest BCUT2D eigenvalue weighted by molar-refractivity contribution is 7.99. The Hall–Kier alpha value is -1.46. The van der Waals surface area contributed by atoms with Crippen LogP contribution in [0, 0.1) is 12.7 Å². The number of nitrogens with zero attached hydrogens (tertiary/aromatic N) is 2. The van der Waals surface area contributed by atoms with Crippen LogP contribution in [0.2, 0.25) is 0 Å². The van der Waals surface area contributed by atoms with Crippen LogP contribution in [0.4, 0.5) is 4.39 Å². The molecule has 0 fully saturated rings. The zero-order valence-corrected chi connectivity index (χ0v) is 11.1. The number of hydrogen-bond acceptors (Lipinski definition) is 4. The molecule has 3 nitrogen and oxygen atoms in total. The van der Waals surface area contributed by atoms with Gasteiger partial charge in [-0.3, -0.25) is 0 Å². The summed E-state index contributed by atoms with van der Waals surface area (Å²) in [5.41, 5.74) is 1.81. The Balaban J connectivity index is 2.23. The lowest BCUT2D eigenvalue weighted by atomic mass is 10.2. The van der Waals surface area contributed by atoms with Crippen LogP contribution in [0.15, 0.2) is 40.5 Å². The Labute approximate surface area is 110 Å². The van der Waals surface area contributed by atoms with Gasteiger partial charge in [0.2, 0.25) is 0 Å². The molecule has 18 heavy (non-hydrogen) atoms. The van der Waals surface area contributed by atoms with Crippen LogP contribution < -0.4 is 5.32 Å². The largest absolute Gasteiger partial charge is 0.316 e. The summed E-state index contributed by atoms with van der Waals surface area (Å²) in [6.45, 7) is 2.55.